The smallest absolute Gasteiger partial charge is 0.196 e. The number of hydrogen-bond donors (Lipinski definition) is 0. The normalized spacial score (nSPS) is 11.5. The summed E-state index contributed by atoms with van der Waals surface area (Å²) in [7, 11) is -3.36. The molecule has 140 valence electrons. The molecule has 0 aliphatic carbocycles. The van der Waals surface area contributed by atoms with Crippen molar-refractivity contribution in [2.24, 2.45) is 0 Å². The zero-order valence-corrected chi connectivity index (χ0v) is 16.8. The minimum absolute atomic E-state index is 0.0503. The topological polar surface area (TPSA) is 81.9 Å². The molecule has 1 aromatic heterocycles. The van der Waals surface area contributed by atoms with Gasteiger partial charge >= 0.3 is 0 Å². The van der Waals surface area contributed by atoms with Crippen LogP contribution in [0.2, 0.25) is 5.02 Å². The van der Waals surface area contributed by atoms with Crippen LogP contribution in [0.15, 0.2) is 64.9 Å². The van der Waals surface area contributed by atoms with Crippen molar-refractivity contribution >= 4 is 39.0 Å². The molecule has 0 unspecified atom stereocenters. The molecule has 2 aromatic carbocycles. The molecular formula is C18H16ClN3O3S2. The largest absolute Gasteiger partial charge is 0.298 e. The second-order valence-corrected chi connectivity index (χ2v) is 9.21. The van der Waals surface area contributed by atoms with E-state index in [0.29, 0.717) is 15.7 Å². The lowest BCUT2D eigenvalue weighted by molar-refractivity contribution is -0.116. The molecule has 0 fully saturated rings. The molecule has 1 heterocycles. The molecule has 0 saturated heterocycles. The van der Waals surface area contributed by atoms with Gasteiger partial charge in [0.15, 0.2) is 15.0 Å². The summed E-state index contributed by atoms with van der Waals surface area (Å²) in [6, 6.07) is 14.0. The van der Waals surface area contributed by atoms with Gasteiger partial charge in [0.1, 0.15) is 12.1 Å². The molecule has 0 aliphatic rings. The highest BCUT2D eigenvalue weighted by molar-refractivity contribution is 7.99. The number of aromatic nitrogens is 3. The highest BCUT2D eigenvalue weighted by Gasteiger charge is 2.15. The summed E-state index contributed by atoms with van der Waals surface area (Å²) in [5.74, 6) is 0.0838. The van der Waals surface area contributed by atoms with Crippen LogP contribution >= 0.6 is 23.4 Å². The number of nitrogens with zero attached hydrogens (tertiary/aromatic N) is 3. The first kappa shape index (κ1) is 19.6. The number of carbonyl (C=O) groups is 1. The van der Waals surface area contributed by atoms with E-state index in [1.54, 1.807) is 10.9 Å². The number of benzene rings is 2. The summed E-state index contributed by atoms with van der Waals surface area (Å²) < 4.78 is 25.2. The van der Waals surface area contributed by atoms with E-state index in [1.807, 2.05) is 30.3 Å². The maximum atomic E-state index is 12.4. The van der Waals surface area contributed by atoms with Crippen LogP contribution in [-0.4, -0.2) is 41.0 Å². The van der Waals surface area contributed by atoms with Crippen molar-refractivity contribution in [3.63, 3.8) is 0 Å². The van der Waals surface area contributed by atoms with Gasteiger partial charge in [0.2, 0.25) is 0 Å². The van der Waals surface area contributed by atoms with Crippen molar-refractivity contribution in [3.05, 3.63) is 65.4 Å². The highest BCUT2D eigenvalue weighted by atomic mass is 35.5. The summed E-state index contributed by atoms with van der Waals surface area (Å²) in [6.45, 7) is 0. The Bertz CT molecular complexity index is 1070. The molecule has 0 saturated carbocycles. The first-order valence-electron chi connectivity index (χ1n) is 7.93. The van der Waals surface area contributed by atoms with E-state index in [0.717, 1.165) is 11.9 Å². The molecule has 3 rings (SSSR count). The Morgan fingerprint density at radius 1 is 1.19 bits per heavy atom. The van der Waals surface area contributed by atoms with Crippen molar-refractivity contribution < 1.29 is 13.2 Å². The zero-order valence-electron chi connectivity index (χ0n) is 14.4. The van der Waals surface area contributed by atoms with Crippen LogP contribution in [0.5, 0.6) is 0 Å². The van der Waals surface area contributed by atoms with Crippen LogP contribution in [0, 0.1) is 0 Å². The van der Waals surface area contributed by atoms with E-state index >= 15 is 0 Å². The third kappa shape index (κ3) is 4.97. The van der Waals surface area contributed by atoms with E-state index in [2.05, 4.69) is 10.2 Å². The maximum Gasteiger partial charge on any atom is 0.196 e. The first-order chi connectivity index (χ1) is 12.8. The second kappa shape index (κ2) is 8.24. The molecule has 9 heteroatoms. The van der Waals surface area contributed by atoms with Gasteiger partial charge < -0.3 is 0 Å². The van der Waals surface area contributed by atoms with Gasteiger partial charge in [-0.2, -0.15) is 0 Å². The third-order valence-corrected chi connectivity index (χ3v) is 6.23. The van der Waals surface area contributed by atoms with E-state index in [4.69, 9.17) is 11.6 Å². The fourth-order valence-corrected chi connectivity index (χ4v) is 4.06. The Hall–Kier alpha value is -2.16. The van der Waals surface area contributed by atoms with Crippen LogP contribution in [0.4, 0.5) is 0 Å². The fourth-order valence-electron chi connectivity index (χ4n) is 2.41. The lowest BCUT2D eigenvalue weighted by Crippen LogP contribution is -2.08. The van der Waals surface area contributed by atoms with Crippen molar-refractivity contribution in [1.82, 2.24) is 14.8 Å². The van der Waals surface area contributed by atoms with Crippen LogP contribution in [-0.2, 0) is 21.1 Å². The molecule has 27 heavy (non-hydrogen) atoms. The summed E-state index contributed by atoms with van der Waals surface area (Å²) >= 11 is 7.39. The van der Waals surface area contributed by atoms with E-state index in [-0.39, 0.29) is 22.9 Å². The van der Waals surface area contributed by atoms with Crippen molar-refractivity contribution in [2.75, 3.05) is 12.0 Å². The summed E-state index contributed by atoms with van der Waals surface area (Å²) in [5.41, 5.74) is 1.40. The van der Waals surface area contributed by atoms with Gasteiger partial charge in [0, 0.05) is 23.4 Å². The van der Waals surface area contributed by atoms with Crippen molar-refractivity contribution in [1.29, 1.82) is 0 Å². The average Bonchev–Trinajstić information content (AvgIpc) is 3.10. The van der Waals surface area contributed by atoms with Crippen LogP contribution in [0.1, 0.15) is 5.56 Å². The summed E-state index contributed by atoms with van der Waals surface area (Å²) in [5, 5.41) is 8.93. The number of para-hydroxylation sites is 1. The lowest BCUT2D eigenvalue weighted by Gasteiger charge is -2.07. The van der Waals surface area contributed by atoms with E-state index in [1.165, 1.54) is 30.0 Å². The number of hydrogen-bond acceptors (Lipinski definition) is 6. The van der Waals surface area contributed by atoms with Gasteiger partial charge in [0.25, 0.3) is 0 Å². The molecular weight excluding hydrogens is 406 g/mol. The fraction of sp³-hybridized carbons (Fsp3) is 0.167. The molecule has 0 radical (unpaired) electrons. The Labute approximate surface area is 166 Å². The Kier molecular flexibility index (Phi) is 5.98. The minimum atomic E-state index is -3.36. The Balaban J connectivity index is 1.69. The Morgan fingerprint density at radius 2 is 1.93 bits per heavy atom. The quantitative estimate of drug-likeness (QED) is 0.545. The lowest BCUT2D eigenvalue weighted by atomic mass is 10.1. The van der Waals surface area contributed by atoms with Gasteiger partial charge in [-0.3, -0.25) is 9.36 Å². The predicted octanol–water partition coefficient (Wildman–Crippen LogP) is 3.23. The third-order valence-electron chi connectivity index (χ3n) is 3.75. The van der Waals surface area contributed by atoms with E-state index in [9.17, 15) is 13.2 Å². The summed E-state index contributed by atoms with van der Waals surface area (Å²) in [4.78, 5) is 12.5. The number of thioether (sulfide) groups is 1. The molecule has 0 atom stereocenters. The van der Waals surface area contributed by atoms with Crippen LogP contribution < -0.4 is 0 Å². The number of rotatable bonds is 7. The molecule has 6 nitrogen and oxygen atoms in total. The number of sulfone groups is 1. The molecule has 0 bridgehead atoms. The molecule has 0 spiro atoms. The van der Waals surface area contributed by atoms with Crippen LogP contribution in [0.3, 0.4) is 0 Å². The highest BCUT2D eigenvalue weighted by Crippen LogP contribution is 2.23. The van der Waals surface area contributed by atoms with Crippen LogP contribution in [0.25, 0.3) is 5.69 Å². The molecule has 0 amide bonds. The van der Waals surface area contributed by atoms with Gasteiger partial charge in [-0.15, -0.1) is 10.2 Å². The van der Waals surface area contributed by atoms with Gasteiger partial charge in [-0.1, -0.05) is 41.6 Å². The number of halogens is 1. The molecule has 0 N–H and O–H groups in total. The number of ketones is 1. The van der Waals surface area contributed by atoms with Crippen molar-refractivity contribution in [2.45, 2.75) is 16.5 Å². The monoisotopic (exact) mass is 421 g/mol. The van der Waals surface area contributed by atoms with Crippen molar-refractivity contribution in [3.8, 4) is 5.69 Å². The second-order valence-electron chi connectivity index (χ2n) is 5.85. The number of Topliss-reactive ketones (excluding diaryl/α,β-unsaturated/α-hetero) is 1. The standard InChI is InChI=1S/C18H16ClN3O3S2/c1-27(24,25)16-7-8-17(19)13(10-16)9-15(23)11-26-18-21-20-12-22(18)14-5-3-2-4-6-14/h2-8,10,12H,9,11H2,1H3. The van der Waals surface area contributed by atoms with Gasteiger partial charge in [0.05, 0.1) is 10.6 Å². The maximum absolute atomic E-state index is 12.4. The number of carbonyl (C=O) groups excluding carboxylic acids is 1. The molecule has 0 aliphatic heterocycles. The zero-order chi connectivity index (χ0) is 19.4. The molecule has 3 aromatic rings. The SMILES string of the molecule is CS(=O)(=O)c1ccc(Cl)c(CC(=O)CSc2nncn2-c2ccccc2)c1. The first-order valence-corrected chi connectivity index (χ1v) is 11.2. The summed E-state index contributed by atoms with van der Waals surface area (Å²) in [6.07, 6.45) is 2.76. The predicted molar refractivity (Wildman–Crippen MR) is 105 cm³/mol. The Morgan fingerprint density at radius 3 is 2.63 bits per heavy atom. The minimum Gasteiger partial charge on any atom is -0.298 e. The van der Waals surface area contributed by atoms with Gasteiger partial charge in [-0.05, 0) is 35.9 Å². The van der Waals surface area contributed by atoms with Gasteiger partial charge in [-0.25, -0.2) is 8.42 Å². The average molecular weight is 422 g/mol. The van der Waals surface area contributed by atoms with E-state index < -0.39 is 9.84 Å².